The van der Waals surface area contributed by atoms with E-state index < -0.39 is 0 Å². The molecular formula is C23H18ClN3O2S3. The Hall–Kier alpha value is -2.52. The summed E-state index contributed by atoms with van der Waals surface area (Å²) in [7, 11) is 0. The second kappa shape index (κ2) is 10.4. The van der Waals surface area contributed by atoms with Crippen LogP contribution in [0, 0.1) is 0 Å². The SMILES string of the molecule is O=C(CCN1C(=O)C(=Cc2ccccc2)SC1=S)Nc1ncc(Cc2ccccc2Cl)s1. The molecule has 0 radical (unpaired) electrons. The molecule has 9 heteroatoms. The summed E-state index contributed by atoms with van der Waals surface area (Å²) in [5.41, 5.74) is 1.94. The monoisotopic (exact) mass is 499 g/mol. The van der Waals surface area contributed by atoms with E-state index in [-0.39, 0.29) is 24.8 Å². The predicted molar refractivity (Wildman–Crippen MR) is 136 cm³/mol. The first-order chi connectivity index (χ1) is 15.5. The molecule has 0 aliphatic carbocycles. The van der Waals surface area contributed by atoms with Crippen LogP contribution in [0.1, 0.15) is 22.4 Å². The van der Waals surface area contributed by atoms with Crippen LogP contribution in [-0.2, 0) is 16.0 Å². The number of amides is 2. The molecule has 0 bridgehead atoms. The second-order valence-corrected chi connectivity index (χ2v) is 10.1. The number of hydrogen-bond acceptors (Lipinski definition) is 6. The van der Waals surface area contributed by atoms with Gasteiger partial charge in [-0.2, -0.15) is 0 Å². The van der Waals surface area contributed by atoms with Crippen molar-refractivity contribution in [3.63, 3.8) is 0 Å². The zero-order valence-electron chi connectivity index (χ0n) is 16.8. The fourth-order valence-corrected chi connectivity index (χ4v) is 5.43. The number of carbonyl (C=O) groups excluding carboxylic acids is 2. The molecule has 1 aliphatic rings. The molecule has 32 heavy (non-hydrogen) atoms. The molecule has 0 spiro atoms. The van der Waals surface area contributed by atoms with Crippen molar-refractivity contribution in [2.24, 2.45) is 0 Å². The number of carbonyl (C=O) groups is 2. The standard InChI is InChI=1S/C23H18ClN3O2S3/c24-18-9-5-4-8-16(18)13-17-14-25-22(31-17)26-20(28)10-11-27-21(29)19(32-23(27)30)12-15-6-2-1-3-7-15/h1-9,12,14H,10-11,13H2,(H,25,26,28). The number of nitrogens with zero attached hydrogens (tertiary/aromatic N) is 2. The fourth-order valence-electron chi connectivity index (χ4n) is 3.07. The predicted octanol–water partition coefficient (Wildman–Crippen LogP) is 5.62. The number of halogens is 1. The minimum atomic E-state index is -0.218. The van der Waals surface area contributed by atoms with Crippen LogP contribution in [0.2, 0.25) is 5.02 Å². The van der Waals surface area contributed by atoms with Gasteiger partial charge in [0.25, 0.3) is 5.91 Å². The van der Waals surface area contributed by atoms with Crippen LogP contribution >= 0.6 is 46.9 Å². The first-order valence-corrected chi connectivity index (χ1v) is 12.2. The summed E-state index contributed by atoms with van der Waals surface area (Å²) in [6.45, 7) is 0.223. The lowest BCUT2D eigenvalue weighted by Crippen LogP contribution is -2.31. The number of aromatic nitrogens is 1. The highest BCUT2D eigenvalue weighted by Crippen LogP contribution is 2.32. The molecule has 4 rings (SSSR count). The quantitative estimate of drug-likeness (QED) is 0.338. The van der Waals surface area contributed by atoms with Crippen molar-refractivity contribution >= 4 is 74.3 Å². The van der Waals surface area contributed by atoms with Gasteiger partial charge in [0, 0.05) is 35.5 Å². The Bertz CT molecular complexity index is 1190. The third-order valence-corrected chi connectivity index (χ3v) is 7.32. The van der Waals surface area contributed by atoms with E-state index in [0.29, 0.717) is 25.8 Å². The van der Waals surface area contributed by atoms with Gasteiger partial charge in [0.05, 0.1) is 4.91 Å². The van der Waals surface area contributed by atoms with E-state index in [1.165, 1.54) is 28.0 Å². The van der Waals surface area contributed by atoms with Crippen LogP contribution in [0.4, 0.5) is 5.13 Å². The Kier molecular flexibility index (Phi) is 7.36. The molecule has 2 heterocycles. The number of nitrogens with one attached hydrogen (secondary N) is 1. The third kappa shape index (κ3) is 5.63. The molecule has 2 aromatic carbocycles. The highest BCUT2D eigenvalue weighted by Gasteiger charge is 2.32. The molecule has 1 saturated heterocycles. The minimum Gasteiger partial charge on any atom is -0.302 e. The van der Waals surface area contributed by atoms with Gasteiger partial charge in [-0.05, 0) is 23.3 Å². The van der Waals surface area contributed by atoms with Crippen molar-refractivity contribution < 1.29 is 9.59 Å². The molecule has 5 nitrogen and oxygen atoms in total. The molecule has 162 valence electrons. The molecule has 1 N–H and O–H groups in total. The summed E-state index contributed by atoms with van der Waals surface area (Å²) in [5, 5.41) is 4.02. The molecule has 0 atom stereocenters. The fraction of sp³-hybridized carbons (Fsp3) is 0.130. The summed E-state index contributed by atoms with van der Waals surface area (Å²) in [4.78, 5) is 32.4. The summed E-state index contributed by atoms with van der Waals surface area (Å²) in [6.07, 6.45) is 4.33. The number of thiocarbonyl (C=S) groups is 1. The van der Waals surface area contributed by atoms with Crippen LogP contribution in [0.15, 0.2) is 65.7 Å². The highest BCUT2D eigenvalue weighted by molar-refractivity contribution is 8.26. The van der Waals surface area contributed by atoms with E-state index >= 15 is 0 Å². The van der Waals surface area contributed by atoms with Gasteiger partial charge in [-0.1, -0.05) is 84.1 Å². The topological polar surface area (TPSA) is 62.3 Å². The van der Waals surface area contributed by atoms with Gasteiger partial charge in [-0.25, -0.2) is 4.98 Å². The average Bonchev–Trinajstić information content (AvgIpc) is 3.32. The third-order valence-electron chi connectivity index (χ3n) is 4.66. The largest absolute Gasteiger partial charge is 0.302 e. The van der Waals surface area contributed by atoms with Gasteiger partial charge < -0.3 is 5.32 Å². The van der Waals surface area contributed by atoms with Gasteiger partial charge in [-0.3, -0.25) is 14.5 Å². The number of benzene rings is 2. The van der Waals surface area contributed by atoms with Crippen LogP contribution in [0.25, 0.3) is 6.08 Å². The summed E-state index contributed by atoms with van der Waals surface area (Å²) >= 11 is 14.2. The normalized spacial score (nSPS) is 14.9. The molecule has 1 fully saturated rings. The molecule has 0 unspecified atom stereocenters. The smallest absolute Gasteiger partial charge is 0.266 e. The molecule has 0 saturated carbocycles. The number of rotatable bonds is 7. The molecule has 2 amide bonds. The van der Waals surface area contributed by atoms with E-state index in [9.17, 15) is 9.59 Å². The Morgan fingerprint density at radius 3 is 2.69 bits per heavy atom. The van der Waals surface area contributed by atoms with Crippen molar-refractivity contribution in [2.75, 3.05) is 11.9 Å². The first kappa shape index (κ1) is 22.7. The maximum atomic E-state index is 12.7. The zero-order valence-corrected chi connectivity index (χ0v) is 20.0. The van der Waals surface area contributed by atoms with Crippen molar-refractivity contribution in [2.45, 2.75) is 12.8 Å². The van der Waals surface area contributed by atoms with E-state index in [4.69, 9.17) is 23.8 Å². The molecular weight excluding hydrogens is 482 g/mol. The van der Waals surface area contributed by atoms with E-state index in [0.717, 1.165) is 16.0 Å². The van der Waals surface area contributed by atoms with Crippen molar-refractivity contribution in [1.82, 2.24) is 9.88 Å². The van der Waals surface area contributed by atoms with Crippen molar-refractivity contribution in [3.8, 4) is 0 Å². The number of anilines is 1. The second-order valence-electron chi connectivity index (χ2n) is 6.94. The van der Waals surface area contributed by atoms with E-state index in [2.05, 4.69) is 10.3 Å². The van der Waals surface area contributed by atoms with Crippen LogP contribution in [0.3, 0.4) is 0 Å². The van der Waals surface area contributed by atoms with Crippen molar-refractivity contribution in [1.29, 1.82) is 0 Å². The average molecular weight is 500 g/mol. The Morgan fingerprint density at radius 1 is 1.16 bits per heavy atom. The number of thioether (sulfide) groups is 1. The maximum absolute atomic E-state index is 12.7. The lowest BCUT2D eigenvalue weighted by molar-refractivity contribution is -0.122. The highest BCUT2D eigenvalue weighted by atomic mass is 35.5. The number of thiazole rings is 1. The van der Waals surface area contributed by atoms with E-state index in [1.54, 1.807) is 6.20 Å². The maximum Gasteiger partial charge on any atom is 0.266 e. The molecule has 3 aromatic rings. The van der Waals surface area contributed by atoms with Gasteiger partial charge in [-0.15, -0.1) is 11.3 Å². The van der Waals surface area contributed by atoms with Gasteiger partial charge in [0.15, 0.2) is 5.13 Å². The zero-order chi connectivity index (χ0) is 22.5. The van der Waals surface area contributed by atoms with Gasteiger partial charge in [0.2, 0.25) is 5.91 Å². The van der Waals surface area contributed by atoms with Crippen LogP contribution in [-0.4, -0.2) is 32.6 Å². The Morgan fingerprint density at radius 2 is 1.91 bits per heavy atom. The van der Waals surface area contributed by atoms with Gasteiger partial charge in [0.1, 0.15) is 4.32 Å². The summed E-state index contributed by atoms with van der Waals surface area (Å²) in [5.74, 6) is -0.391. The van der Waals surface area contributed by atoms with E-state index in [1.807, 2.05) is 60.7 Å². The Balaban J connectivity index is 1.31. The summed E-state index contributed by atoms with van der Waals surface area (Å²) in [6, 6.07) is 17.2. The van der Waals surface area contributed by atoms with Crippen molar-refractivity contribution in [3.05, 3.63) is 86.7 Å². The lowest BCUT2D eigenvalue weighted by Gasteiger charge is -2.13. The summed E-state index contributed by atoms with van der Waals surface area (Å²) < 4.78 is 0.459. The Labute approximate surface area is 204 Å². The first-order valence-electron chi connectivity index (χ1n) is 9.78. The lowest BCUT2D eigenvalue weighted by atomic mass is 10.1. The molecule has 1 aliphatic heterocycles. The van der Waals surface area contributed by atoms with Crippen LogP contribution < -0.4 is 5.32 Å². The minimum absolute atomic E-state index is 0.129. The van der Waals surface area contributed by atoms with Crippen LogP contribution in [0.5, 0.6) is 0 Å². The molecule has 1 aromatic heterocycles. The number of hydrogen-bond donors (Lipinski definition) is 1. The van der Waals surface area contributed by atoms with Gasteiger partial charge >= 0.3 is 0 Å².